The molecule has 1 aromatic rings. The van der Waals surface area contributed by atoms with Crippen molar-refractivity contribution in [3.05, 3.63) is 23.8 Å². The maximum Gasteiger partial charge on any atom is 0.337 e. The normalized spacial score (nSPS) is 14.4. The third-order valence-electron chi connectivity index (χ3n) is 3.80. The zero-order chi connectivity index (χ0) is 16.7. The Kier molecular flexibility index (Phi) is 6.40. The summed E-state index contributed by atoms with van der Waals surface area (Å²) in [4.78, 5) is 26.0. The minimum atomic E-state index is -0.414. The maximum absolute atomic E-state index is 12.1. The van der Waals surface area contributed by atoms with Gasteiger partial charge < -0.3 is 19.7 Å². The highest BCUT2D eigenvalue weighted by Crippen LogP contribution is 2.28. The largest absolute Gasteiger partial charge is 0.465 e. The highest BCUT2D eigenvalue weighted by molar-refractivity contribution is 5.98. The van der Waals surface area contributed by atoms with E-state index in [9.17, 15) is 9.59 Å². The number of amides is 1. The number of benzene rings is 1. The predicted molar refractivity (Wildman–Crippen MR) is 89.0 cm³/mol. The number of hydrogen-bond acceptors (Lipinski definition) is 5. The molecule has 0 radical (unpaired) electrons. The molecular weight excluding hydrogens is 296 g/mol. The molecule has 0 aromatic heterocycles. The van der Waals surface area contributed by atoms with Crippen molar-refractivity contribution in [2.24, 2.45) is 0 Å². The van der Waals surface area contributed by atoms with E-state index in [1.54, 1.807) is 12.1 Å². The standard InChI is InChI=1S/C17H24N2O4/c1-3-4-5-16(20)18-14-12-13(17(21)22-2)6-7-15(14)19-8-10-23-11-9-19/h6-7,12H,3-5,8-11H2,1-2H3,(H,18,20). The molecule has 1 N–H and O–H groups in total. The Hall–Kier alpha value is -2.08. The highest BCUT2D eigenvalue weighted by atomic mass is 16.5. The monoisotopic (exact) mass is 320 g/mol. The Morgan fingerprint density at radius 1 is 1.30 bits per heavy atom. The number of morpholine rings is 1. The van der Waals surface area contributed by atoms with E-state index in [0.717, 1.165) is 31.6 Å². The van der Waals surface area contributed by atoms with Crippen LogP contribution in [0.1, 0.15) is 36.5 Å². The molecule has 1 aromatic carbocycles. The molecule has 6 heteroatoms. The predicted octanol–water partition coefficient (Wildman–Crippen LogP) is 2.44. The fraction of sp³-hybridized carbons (Fsp3) is 0.529. The van der Waals surface area contributed by atoms with Crippen molar-refractivity contribution in [1.82, 2.24) is 0 Å². The van der Waals surface area contributed by atoms with Crippen molar-refractivity contribution < 1.29 is 19.1 Å². The molecular formula is C17H24N2O4. The SMILES string of the molecule is CCCCC(=O)Nc1cc(C(=O)OC)ccc1N1CCOCC1. The van der Waals surface area contributed by atoms with Gasteiger partial charge >= 0.3 is 5.97 Å². The first-order valence-electron chi connectivity index (χ1n) is 8.00. The minimum absolute atomic E-state index is 0.0385. The van der Waals surface area contributed by atoms with Crippen molar-refractivity contribution >= 4 is 23.3 Å². The molecule has 6 nitrogen and oxygen atoms in total. The van der Waals surface area contributed by atoms with Crippen LogP contribution in [0.3, 0.4) is 0 Å². The third-order valence-corrected chi connectivity index (χ3v) is 3.80. The molecule has 0 spiro atoms. The molecule has 1 saturated heterocycles. The Morgan fingerprint density at radius 2 is 2.04 bits per heavy atom. The van der Waals surface area contributed by atoms with E-state index in [2.05, 4.69) is 10.2 Å². The summed E-state index contributed by atoms with van der Waals surface area (Å²) in [6.45, 7) is 4.87. The van der Waals surface area contributed by atoms with Gasteiger partial charge in [0.15, 0.2) is 0 Å². The van der Waals surface area contributed by atoms with E-state index in [4.69, 9.17) is 9.47 Å². The number of carbonyl (C=O) groups is 2. The van der Waals surface area contributed by atoms with Crippen molar-refractivity contribution in [1.29, 1.82) is 0 Å². The van der Waals surface area contributed by atoms with E-state index in [-0.39, 0.29) is 5.91 Å². The Labute approximate surface area is 136 Å². The number of esters is 1. The molecule has 2 rings (SSSR count). The lowest BCUT2D eigenvalue weighted by Crippen LogP contribution is -2.36. The van der Waals surface area contributed by atoms with E-state index >= 15 is 0 Å². The van der Waals surface area contributed by atoms with Gasteiger partial charge in [-0.05, 0) is 24.6 Å². The second-order valence-corrected chi connectivity index (χ2v) is 5.47. The van der Waals surface area contributed by atoms with Crippen LogP contribution in [-0.2, 0) is 14.3 Å². The molecule has 0 saturated carbocycles. The van der Waals surface area contributed by atoms with Crippen LogP contribution in [0, 0.1) is 0 Å². The number of rotatable bonds is 6. The van der Waals surface area contributed by atoms with Crippen LogP contribution in [0.5, 0.6) is 0 Å². The lowest BCUT2D eigenvalue weighted by Gasteiger charge is -2.30. The van der Waals surface area contributed by atoms with Crippen molar-refractivity contribution in [2.75, 3.05) is 43.6 Å². The number of ether oxygens (including phenoxy) is 2. The first kappa shape index (κ1) is 17.3. The van der Waals surface area contributed by atoms with Gasteiger partial charge in [0.2, 0.25) is 5.91 Å². The van der Waals surface area contributed by atoms with Gasteiger partial charge in [-0.3, -0.25) is 4.79 Å². The van der Waals surface area contributed by atoms with E-state index in [0.29, 0.717) is 30.9 Å². The van der Waals surface area contributed by atoms with Crippen LogP contribution < -0.4 is 10.2 Å². The summed E-state index contributed by atoms with van der Waals surface area (Å²) in [7, 11) is 1.34. The van der Waals surface area contributed by atoms with Gasteiger partial charge in [-0.15, -0.1) is 0 Å². The first-order chi connectivity index (χ1) is 11.2. The first-order valence-corrected chi connectivity index (χ1v) is 8.00. The van der Waals surface area contributed by atoms with Crippen LogP contribution in [0.15, 0.2) is 18.2 Å². The number of nitrogens with one attached hydrogen (secondary N) is 1. The molecule has 0 atom stereocenters. The number of unbranched alkanes of at least 4 members (excludes halogenated alkanes) is 1. The number of nitrogens with zero attached hydrogens (tertiary/aromatic N) is 1. The second kappa shape index (κ2) is 8.53. The van der Waals surface area contributed by atoms with Crippen molar-refractivity contribution in [2.45, 2.75) is 26.2 Å². The number of anilines is 2. The molecule has 1 heterocycles. The van der Waals surface area contributed by atoms with Gasteiger partial charge in [0.25, 0.3) is 0 Å². The number of methoxy groups -OCH3 is 1. The Morgan fingerprint density at radius 3 is 2.70 bits per heavy atom. The fourth-order valence-corrected chi connectivity index (χ4v) is 2.51. The summed E-state index contributed by atoms with van der Waals surface area (Å²) in [5.41, 5.74) is 1.98. The molecule has 1 aliphatic heterocycles. The number of carbonyl (C=O) groups excluding carboxylic acids is 2. The maximum atomic E-state index is 12.1. The zero-order valence-corrected chi connectivity index (χ0v) is 13.8. The molecule has 1 aliphatic rings. The summed E-state index contributed by atoms with van der Waals surface area (Å²) in [6.07, 6.45) is 2.28. The van der Waals surface area contributed by atoms with Crippen molar-refractivity contribution in [3.63, 3.8) is 0 Å². The van der Waals surface area contributed by atoms with Gasteiger partial charge in [-0.25, -0.2) is 4.79 Å². The van der Waals surface area contributed by atoms with Crippen LogP contribution in [-0.4, -0.2) is 45.3 Å². The molecule has 126 valence electrons. The fourth-order valence-electron chi connectivity index (χ4n) is 2.51. The molecule has 23 heavy (non-hydrogen) atoms. The average molecular weight is 320 g/mol. The molecule has 1 fully saturated rings. The highest BCUT2D eigenvalue weighted by Gasteiger charge is 2.18. The summed E-state index contributed by atoms with van der Waals surface area (Å²) in [5, 5.41) is 2.93. The summed E-state index contributed by atoms with van der Waals surface area (Å²) >= 11 is 0. The third kappa shape index (κ3) is 4.69. The van der Waals surface area contributed by atoms with Crippen molar-refractivity contribution in [3.8, 4) is 0 Å². The van der Waals surface area contributed by atoms with Crippen LogP contribution in [0.4, 0.5) is 11.4 Å². The van der Waals surface area contributed by atoms with E-state index in [1.165, 1.54) is 7.11 Å². The van der Waals surface area contributed by atoms with Crippen LogP contribution in [0.2, 0.25) is 0 Å². The van der Waals surface area contributed by atoms with Crippen LogP contribution >= 0.6 is 0 Å². The molecule has 0 aliphatic carbocycles. The van der Waals surface area contributed by atoms with Gasteiger partial charge in [0.1, 0.15) is 0 Å². The minimum Gasteiger partial charge on any atom is -0.465 e. The van der Waals surface area contributed by atoms with Gasteiger partial charge in [0.05, 0.1) is 37.3 Å². The lowest BCUT2D eigenvalue weighted by atomic mass is 10.1. The summed E-state index contributed by atoms with van der Waals surface area (Å²) in [5.74, 6) is -0.453. The van der Waals surface area contributed by atoms with Crippen LogP contribution in [0.25, 0.3) is 0 Å². The molecule has 0 bridgehead atoms. The Balaban J connectivity index is 2.24. The van der Waals surface area contributed by atoms with E-state index in [1.807, 2.05) is 13.0 Å². The Bertz CT molecular complexity index is 554. The lowest BCUT2D eigenvalue weighted by molar-refractivity contribution is -0.116. The molecule has 0 unspecified atom stereocenters. The van der Waals surface area contributed by atoms with E-state index < -0.39 is 5.97 Å². The second-order valence-electron chi connectivity index (χ2n) is 5.47. The average Bonchev–Trinajstić information content (AvgIpc) is 2.60. The summed E-state index contributed by atoms with van der Waals surface area (Å²) < 4.78 is 10.1. The van der Waals surface area contributed by atoms with Gasteiger partial charge in [-0.1, -0.05) is 13.3 Å². The van der Waals surface area contributed by atoms with Gasteiger partial charge in [0, 0.05) is 19.5 Å². The zero-order valence-electron chi connectivity index (χ0n) is 13.8. The quantitative estimate of drug-likeness (QED) is 0.815. The summed E-state index contributed by atoms with van der Waals surface area (Å²) in [6, 6.07) is 5.26. The molecule has 1 amide bonds. The topological polar surface area (TPSA) is 67.9 Å². The van der Waals surface area contributed by atoms with Gasteiger partial charge in [-0.2, -0.15) is 0 Å². The smallest absolute Gasteiger partial charge is 0.337 e. The number of hydrogen-bond donors (Lipinski definition) is 1.